The van der Waals surface area contributed by atoms with Crippen molar-refractivity contribution in [2.75, 3.05) is 6.61 Å². The molecule has 1 heterocycles. The lowest BCUT2D eigenvalue weighted by Gasteiger charge is -2.10. The van der Waals surface area contributed by atoms with Crippen LogP contribution in [0, 0.1) is 5.82 Å². The molecule has 3 rings (SSSR count). The number of esters is 1. The van der Waals surface area contributed by atoms with Crippen LogP contribution in [-0.4, -0.2) is 18.5 Å². The van der Waals surface area contributed by atoms with E-state index >= 15 is 0 Å². The first-order chi connectivity index (χ1) is 12.5. The second-order valence-electron chi connectivity index (χ2n) is 5.51. The van der Waals surface area contributed by atoms with Crippen LogP contribution in [0.25, 0.3) is 6.08 Å². The van der Waals surface area contributed by atoms with Crippen molar-refractivity contribution in [3.63, 3.8) is 0 Å². The van der Waals surface area contributed by atoms with Crippen LogP contribution in [0.1, 0.15) is 24.5 Å². The number of aliphatic imine (C=N–C) groups is 1. The summed E-state index contributed by atoms with van der Waals surface area (Å²) in [6.45, 7) is 2.64. The Labute approximate surface area is 167 Å². The second kappa shape index (κ2) is 8.14. The molecule has 134 valence electrons. The summed E-state index contributed by atoms with van der Waals surface area (Å²) in [6.07, 6.45) is 2.52. The van der Waals surface area contributed by atoms with E-state index in [0.717, 1.165) is 20.9 Å². The van der Waals surface area contributed by atoms with Gasteiger partial charge in [0.05, 0.1) is 15.6 Å². The quantitative estimate of drug-likeness (QED) is 0.418. The van der Waals surface area contributed by atoms with Crippen molar-refractivity contribution in [2.24, 2.45) is 4.99 Å². The summed E-state index contributed by atoms with van der Waals surface area (Å²) in [5.74, 6) is -0.0572. The van der Waals surface area contributed by atoms with Crippen molar-refractivity contribution < 1.29 is 18.7 Å². The molecule has 0 saturated heterocycles. The van der Waals surface area contributed by atoms with Gasteiger partial charge in [-0.3, -0.25) is 0 Å². The number of rotatable bonds is 5. The number of hydrogen-bond acceptors (Lipinski definition) is 4. The normalized spacial score (nSPS) is 15.2. The molecule has 2 aromatic rings. The lowest BCUT2D eigenvalue weighted by atomic mass is 10.2. The van der Waals surface area contributed by atoms with Crippen molar-refractivity contribution in [2.45, 2.75) is 13.3 Å². The molecule has 0 radical (unpaired) electrons. The van der Waals surface area contributed by atoms with Crippen LogP contribution in [0.15, 0.2) is 56.0 Å². The lowest BCUT2D eigenvalue weighted by Crippen LogP contribution is -2.05. The Balaban J connectivity index is 1.89. The van der Waals surface area contributed by atoms with E-state index in [9.17, 15) is 9.18 Å². The van der Waals surface area contributed by atoms with Gasteiger partial charge in [-0.2, -0.15) is 0 Å². The highest BCUT2D eigenvalue weighted by Crippen LogP contribution is 2.35. The number of ether oxygens (including phenoxy) is 2. The number of halogens is 3. The topological polar surface area (TPSA) is 47.9 Å². The maximum absolute atomic E-state index is 13.0. The minimum atomic E-state index is -0.553. The van der Waals surface area contributed by atoms with Gasteiger partial charge in [0, 0.05) is 5.56 Å². The average molecular weight is 483 g/mol. The summed E-state index contributed by atoms with van der Waals surface area (Å²) in [5, 5.41) is 0. The molecule has 0 unspecified atom stereocenters. The molecule has 7 heteroatoms. The molecule has 1 aliphatic rings. The molecule has 0 atom stereocenters. The van der Waals surface area contributed by atoms with E-state index in [1.807, 2.05) is 19.1 Å². The van der Waals surface area contributed by atoms with Gasteiger partial charge in [0.25, 0.3) is 0 Å². The molecule has 1 aliphatic heterocycles. The van der Waals surface area contributed by atoms with Gasteiger partial charge in [0.15, 0.2) is 5.70 Å². The maximum Gasteiger partial charge on any atom is 0.363 e. The Morgan fingerprint density at radius 2 is 1.85 bits per heavy atom. The Kier molecular flexibility index (Phi) is 5.88. The fourth-order valence-electron chi connectivity index (χ4n) is 2.29. The first-order valence-corrected chi connectivity index (χ1v) is 9.47. The van der Waals surface area contributed by atoms with Crippen molar-refractivity contribution in [1.29, 1.82) is 0 Å². The number of nitrogens with zero attached hydrogens (tertiary/aromatic N) is 1. The van der Waals surface area contributed by atoms with E-state index in [2.05, 4.69) is 36.9 Å². The summed E-state index contributed by atoms with van der Waals surface area (Å²) in [6, 6.07) is 9.27. The predicted molar refractivity (Wildman–Crippen MR) is 105 cm³/mol. The summed E-state index contributed by atoms with van der Waals surface area (Å²) in [4.78, 5) is 16.3. The zero-order chi connectivity index (χ0) is 18.7. The molecule has 0 saturated carbocycles. The van der Waals surface area contributed by atoms with Crippen molar-refractivity contribution in [3.05, 3.63) is 68.0 Å². The Bertz CT molecular complexity index is 884. The van der Waals surface area contributed by atoms with Gasteiger partial charge in [-0.25, -0.2) is 14.2 Å². The number of carbonyl (C=O) groups excluding carboxylic acids is 1. The molecular weight excluding hydrogens is 469 g/mol. The summed E-state index contributed by atoms with van der Waals surface area (Å²) >= 11 is 6.95. The van der Waals surface area contributed by atoms with Gasteiger partial charge < -0.3 is 9.47 Å². The predicted octanol–water partition coefficient (Wildman–Crippen LogP) is 5.48. The molecule has 0 aliphatic carbocycles. The van der Waals surface area contributed by atoms with Crippen LogP contribution in [0.3, 0.4) is 0 Å². The highest BCUT2D eigenvalue weighted by molar-refractivity contribution is 9.11. The van der Waals surface area contributed by atoms with E-state index < -0.39 is 5.97 Å². The van der Waals surface area contributed by atoms with Crippen LogP contribution in [-0.2, 0) is 9.53 Å². The Morgan fingerprint density at radius 1 is 1.19 bits per heavy atom. The smallest absolute Gasteiger partial charge is 0.363 e. The molecule has 0 bridgehead atoms. The largest absolute Gasteiger partial charge is 0.491 e. The van der Waals surface area contributed by atoms with Gasteiger partial charge in [0.2, 0.25) is 5.90 Å². The lowest BCUT2D eigenvalue weighted by molar-refractivity contribution is -0.129. The summed E-state index contributed by atoms with van der Waals surface area (Å²) in [7, 11) is 0. The third-order valence-electron chi connectivity index (χ3n) is 3.49. The van der Waals surface area contributed by atoms with Gasteiger partial charge >= 0.3 is 5.97 Å². The molecule has 2 aromatic carbocycles. The molecule has 0 spiro atoms. The molecule has 26 heavy (non-hydrogen) atoms. The molecule has 0 amide bonds. The van der Waals surface area contributed by atoms with Crippen molar-refractivity contribution in [3.8, 4) is 5.75 Å². The van der Waals surface area contributed by atoms with E-state index in [0.29, 0.717) is 17.9 Å². The average Bonchev–Trinajstić information content (AvgIpc) is 2.95. The highest BCUT2D eigenvalue weighted by Gasteiger charge is 2.24. The van der Waals surface area contributed by atoms with Crippen LogP contribution in [0.4, 0.5) is 4.39 Å². The monoisotopic (exact) mass is 481 g/mol. The second-order valence-corrected chi connectivity index (χ2v) is 7.21. The van der Waals surface area contributed by atoms with Gasteiger partial charge in [-0.15, -0.1) is 0 Å². The zero-order valence-corrected chi connectivity index (χ0v) is 16.9. The van der Waals surface area contributed by atoms with Crippen LogP contribution in [0.5, 0.6) is 5.75 Å². The van der Waals surface area contributed by atoms with Crippen LogP contribution in [0.2, 0.25) is 0 Å². The van der Waals surface area contributed by atoms with Gasteiger partial charge in [0.1, 0.15) is 11.6 Å². The summed E-state index contributed by atoms with van der Waals surface area (Å²) in [5.41, 5.74) is 1.46. The fourth-order valence-corrected chi connectivity index (χ4v) is 3.74. The fraction of sp³-hybridized carbons (Fsp3) is 0.158. The number of cyclic esters (lactones) is 1. The van der Waals surface area contributed by atoms with Crippen LogP contribution >= 0.6 is 31.9 Å². The Morgan fingerprint density at radius 3 is 2.46 bits per heavy atom. The number of hydrogen-bond donors (Lipinski definition) is 0. The number of carbonyl (C=O) groups is 1. The first-order valence-electron chi connectivity index (χ1n) is 7.88. The highest BCUT2D eigenvalue weighted by atomic mass is 79.9. The number of benzene rings is 2. The molecule has 0 N–H and O–H groups in total. The summed E-state index contributed by atoms with van der Waals surface area (Å²) < 4.78 is 25.4. The Hall–Kier alpha value is -1.99. The first kappa shape index (κ1) is 18.8. The third kappa shape index (κ3) is 4.22. The van der Waals surface area contributed by atoms with Crippen LogP contribution < -0.4 is 4.74 Å². The SMILES string of the molecule is CCCOc1c(Br)cc(/C=C2/N=C(c3ccc(F)cc3)OC2=O)cc1Br. The molecule has 0 aromatic heterocycles. The minimum absolute atomic E-state index is 0.155. The zero-order valence-electron chi connectivity index (χ0n) is 13.8. The van der Waals surface area contributed by atoms with E-state index in [1.165, 1.54) is 24.3 Å². The third-order valence-corrected chi connectivity index (χ3v) is 4.66. The maximum atomic E-state index is 13.0. The van der Waals surface area contributed by atoms with E-state index in [1.54, 1.807) is 6.08 Å². The van der Waals surface area contributed by atoms with E-state index in [-0.39, 0.29) is 17.4 Å². The molecular formula is C19H14Br2FNO3. The standard InChI is InChI=1S/C19H14Br2FNO3/c1-2-7-25-17-14(20)8-11(9-15(17)21)10-16-19(24)26-18(23-16)12-3-5-13(22)6-4-12/h3-6,8-10H,2,7H2,1H3/b16-10+. The minimum Gasteiger partial charge on any atom is -0.491 e. The van der Waals surface area contributed by atoms with Gasteiger partial charge in [-0.05, 0) is 86.3 Å². The van der Waals surface area contributed by atoms with Crippen molar-refractivity contribution in [1.82, 2.24) is 0 Å². The van der Waals surface area contributed by atoms with Gasteiger partial charge in [-0.1, -0.05) is 6.92 Å². The van der Waals surface area contributed by atoms with Crippen molar-refractivity contribution >= 4 is 49.8 Å². The molecule has 0 fully saturated rings. The van der Waals surface area contributed by atoms with E-state index in [4.69, 9.17) is 9.47 Å². The molecule has 4 nitrogen and oxygen atoms in total.